The number of benzene rings is 2. The molecule has 0 saturated heterocycles. The number of amides is 1. The Balaban J connectivity index is 1.65. The van der Waals surface area contributed by atoms with Crippen LogP contribution in [0.2, 0.25) is 0 Å². The van der Waals surface area contributed by atoms with Crippen molar-refractivity contribution in [3.8, 4) is 0 Å². The molecule has 31 heavy (non-hydrogen) atoms. The fraction of sp³-hybridized carbons (Fsp3) is 0.292. The van der Waals surface area contributed by atoms with Gasteiger partial charge in [-0.05, 0) is 17.5 Å². The highest BCUT2D eigenvalue weighted by Crippen LogP contribution is 2.17. The number of nitrogens with zero attached hydrogens (tertiary/aromatic N) is 2. The van der Waals surface area contributed by atoms with Gasteiger partial charge in [0.25, 0.3) is 5.56 Å². The Morgan fingerprint density at radius 1 is 1.06 bits per heavy atom. The van der Waals surface area contributed by atoms with Crippen molar-refractivity contribution in [1.82, 2.24) is 14.9 Å². The molecule has 0 aliphatic heterocycles. The van der Waals surface area contributed by atoms with Crippen molar-refractivity contribution in [2.45, 2.75) is 24.6 Å². The van der Waals surface area contributed by atoms with Crippen molar-refractivity contribution >= 4 is 17.7 Å². The highest BCUT2D eigenvalue weighted by molar-refractivity contribution is 7.99. The molecule has 1 amide bonds. The molecule has 1 aromatic heterocycles. The third kappa shape index (κ3) is 6.54. The molecule has 0 radical (unpaired) electrons. The third-order valence-electron chi connectivity index (χ3n) is 4.84. The summed E-state index contributed by atoms with van der Waals surface area (Å²) in [5.41, 5.74) is 3.33. The van der Waals surface area contributed by atoms with Crippen molar-refractivity contribution in [1.29, 1.82) is 0 Å². The Morgan fingerprint density at radius 3 is 2.35 bits per heavy atom. The number of hydrogen-bond acceptors (Lipinski definition) is 5. The van der Waals surface area contributed by atoms with Crippen LogP contribution < -0.4 is 10.9 Å². The minimum absolute atomic E-state index is 0.0863. The van der Waals surface area contributed by atoms with Crippen LogP contribution in [-0.2, 0) is 36.0 Å². The van der Waals surface area contributed by atoms with E-state index in [4.69, 9.17) is 4.74 Å². The summed E-state index contributed by atoms with van der Waals surface area (Å²) < 4.78 is 6.79. The van der Waals surface area contributed by atoms with Gasteiger partial charge in [-0.3, -0.25) is 14.2 Å². The van der Waals surface area contributed by atoms with Gasteiger partial charge in [0.15, 0.2) is 5.16 Å². The number of methoxy groups -OCH3 is 1. The molecule has 0 aliphatic carbocycles. The van der Waals surface area contributed by atoms with Crippen LogP contribution in [0.15, 0.2) is 70.6 Å². The van der Waals surface area contributed by atoms with Crippen LogP contribution in [0.4, 0.5) is 0 Å². The Labute approximate surface area is 186 Å². The Hall–Kier alpha value is -2.90. The van der Waals surface area contributed by atoms with Crippen LogP contribution >= 0.6 is 11.8 Å². The molecule has 2 aromatic carbocycles. The molecule has 6 nitrogen and oxygen atoms in total. The summed E-state index contributed by atoms with van der Waals surface area (Å²) in [7, 11) is 3.27. The quantitative estimate of drug-likeness (QED) is 0.390. The fourth-order valence-corrected chi connectivity index (χ4v) is 4.02. The first-order valence-corrected chi connectivity index (χ1v) is 11.1. The average molecular weight is 438 g/mol. The van der Waals surface area contributed by atoms with E-state index in [1.165, 1.54) is 21.9 Å². The Morgan fingerprint density at radius 2 is 1.71 bits per heavy atom. The molecule has 7 heteroatoms. The third-order valence-corrected chi connectivity index (χ3v) is 5.87. The summed E-state index contributed by atoms with van der Waals surface area (Å²) in [5.74, 6) is 0.108. The fourth-order valence-electron chi connectivity index (χ4n) is 3.21. The van der Waals surface area contributed by atoms with E-state index in [0.29, 0.717) is 29.4 Å². The van der Waals surface area contributed by atoms with E-state index in [0.717, 1.165) is 12.0 Å². The van der Waals surface area contributed by atoms with Gasteiger partial charge in [0.1, 0.15) is 0 Å². The lowest BCUT2D eigenvalue weighted by Gasteiger charge is -2.14. The summed E-state index contributed by atoms with van der Waals surface area (Å²) in [6, 6.07) is 19.8. The van der Waals surface area contributed by atoms with E-state index in [-0.39, 0.29) is 23.8 Å². The van der Waals surface area contributed by atoms with Crippen LogP contribution in [0.25, 0.3) is 0 Å². The van der Waals surface area contributed by atoms with Gasteiger partial charge < -0.3 is 10.1 Å². The van der Waals surface area contributed by atoms with Gasteiger partial charge in [-0.2, -0.15) is 0 Å². The van der Waals surface area contributed by atoms with Gasteiger partial charge >= 0.3 is 0 Å². The minimum Gasteiger partial charge on any atom is -0.378 e. The van der Waals surface area contributed by atoms with Crippen molar-refractivity contribution < 1.29 is 9.53 Å². The zero-order valence-electron chi connectivity index (χ0n) is 17.8. The standard InChI is InChI=1S/C24H27N3O3S/c1-27-23(29)20(15-19-11-7-4-8-12-19)21(16-30-2)26-24(27)31-17-22(28)25-14-13-18-9-5-3-6-10-18/h3-12H,13-17H2,1-2H3,(H,25,28). The number of nitrogens with one attached hydrogen (secondary N) is 1. The van der Waals surface area contributed by atoms with Gasteiger partial charge in [-0.15, -0.1) is 0 Å². The van der Waals surface area contributed by atoms with Crippen molar-refractivity contribution in [2.24, 2.45) is 7.05 Å². The van der Waals surface area contributed by atoms with Gasteiger partial charge in [-0.25, -0.2) is 4.98 Å². The van der Waals surface area contributed by atoms with Gasteiger partial charge in [0.2, 0.25) is 5.91 Å². The van der Waals surface area contributed by atoms with E-state index in [2.05, 4.69) is 10.3 Å². The molecule has 0 spiro atoms. The first-order valence-electron chi connectivity index (χ1n) is 10.1. The minimum atomic E-state index is -0.113. The normalized spacial score (nSPS) is 10.8. The molecular weight excluding hydrogens is 410 g/mol. The van der Waals surface area contributed by atoms with Crippen molar-refractivity contribution in [3.63, 3.8) is 0 Å². The molecule has 0 fully saturated rings. The molecule has 3 aromatic rings. The van der Waals surface area contributed by atoms with E-state index in [1.54, 1.807) is 14.2 Å². The van der Waals surface area contributed by atoms with E-state index < -0.39 is 0 Å². The summed E-state index contributed by atoms with van der Waals surface area (Å²) in [6.45, 7) is 0.815. The molecule has 0 unspecified atom stereocenters. The monoisotopic (exact) mass is 437 g/mol. The van der Waals surface area contributed by atoms with E-state index in [1.807, 2.05) is 60.7 Å². The SMILES string of the molecule is COCc1nc(SCC(=O)NCCc2ccccc2)n(C)c(=O)c1Cc1ccccc1. The van der Waals surface area contributed by atoms with Crippen LogP contribution in [0, 0.1) is 0 Å². The van der Waals surface area contributed by atoms with Crippen molar-refractivity contribution in [2.75, 3.05) is 19.4 Å². The maximum atomic E-state index is 13.0. The van der Waals surface area contributed by atoms with Crippen molar-refractivity contribution in [3.05, 3.63) is 93.4 Å². The van der Waals surface area contributed by atoms with E-state index >= 15 is 0 Å². The second-order valence-corrected chi connectivity index (χ2v) is 8.10. The molecule has 3 rings (SSSR count). The van der Waals surface area contributed by atoms with Crippen LogP contribution in [-0.4, -0.2) is 34.9 Å². The Kier molecular flexibility index (Phi) is 8.44. The summed E-state index contributed by atoms with van der Waals surface area (Å²) >= 11 is 1.25. The van der Waals surface area contributed by atoms with Crippen LogP contribution in [0.5, 0.6) is 0 Å². The molecule has 162 valence electrons. The molecular formula is C24H27N3O3S. The van der Waals surface area contributed by atoms with E-state index in [9.17, 15) is 9.59 Å². The zero-order chi connectivity index (χ0) is 22.1. The smallest absolute Gasteiger partial charge is 0.257 e. The number of thioether (sulfide) groups is 1. The second-order valence-electron chi connectivity index (χ2n) is 7.15. The molecule has 1 heterocycles. The first kappa shape index (κ1) is 22.8. The molecule has 0 aliphatic rings. The number of ether oxygens (including phenoxy) is 1. The lowest BCUT2D eigenvalue weighted by atomic mass is 10.0. The summed E-state index contributed by atoms with van der Waals surface area (Å²) in [6.07, 6.45) is 1.27. The second kappa shape index (κ2) is 11.5. The molecule has 1 N–H and O–H groups in total. The number of aromatic nitrogens is 2. The molecule has 0 saturated carbocycles. The zero-order valence-corrected chi connectivity index (χ0v) is 18.7. The first-order chi connectivity index (χ1) is 15.1. The van der Waals surface area contributed by atoms with Gasteiger partial charge in [0.05, 0.1) is 18.1 Å². The number of carbonyl (C=O) groups excluding carboxylic acids is 1. The lowest BCUT2D eigenvalue weighted by Crippen LogP contribution is -2.29. The number of rotatable bonds is 10. The van der Waals surface area contributed by atoms with Gasteiger partial charge in [-0.1, -0.05) is 72.4 Å². The van der Waals surface area contributed by atoms with Crippen LogP contribution in [0.3, 0.4) is 0 Å². The summed E-state index contributed by atoms with van der Waals surface area (Å²) in [4.78, 5) is 29.9. The maximum Gasteiger partial charge on any atom is 0.257 e. The molecule has 0 atom stereocenters. The number of hydrogen-bond donors (Lipinski definition) is 1. The topological polar surface area (TPSA) is 73.2 Å². The summed E-state index contributed by atoms with van der Waals surface area (Å²) in [5, 5.41) is 3.43. The Bertz CT molecular complexity index is 1050. The average Bonchev–Trinajstić information content (AvgIpc) is 2.79. The largest absolute Gasteiger partial charge is 0.378 e. The highest BCUT2D eigenvalue weighted by atomic mass is 32.2. The lowest BCUT2D eigenvalue weighted by molar-refractivity contribution is -0.118. The molecule has 0 bridgehead atoms. The predicted molar refractivity (Wildman–Crippen MR) is 123 cm³/mol. The number of carbonyl (C=O) groups is 1. The predicted octanol–water partition coefficient (Wildman–Crippen LogP) is 2.97. The maximum absolute atomic E-state index is 13.0. The highest BCUT2D eigenvalue weighted by Gasteiger charge is 2.16. The van der Waals surface area contributed by atoms with Gasteiger partial charge in [0, 0.05) is 32.7 Å². The van der Waals surface area contributed by atoms with Crippen LogP contribution in [0.1, 0.15) is 22.4 Å².